The molecule has 0 fully saturated rings. The second-order valence-corrected chi connectivity index (χ2v) is 4.49. The predicted molar refractivity (Wildman–Crippen MR) is 83.5 cm³/mol. The van der Waals surface area contributed by atoms with Crippen LogP contribution in [-0.2, 0) is 0 Å². The number of nitrogens with two attached hydrogens (primary N) is 1. The number of benzene rings is 2. The van der Waals surface area contributed by atoms with Crippen LogP contribution in [0.3, 0.4) is 0 Å². The summed E-state index contributed by atoms with van der Waals surface area (Å²) in [5, 5.41) is 4.09. The van der Waals surface area contributed by atoms with Crippen LogP contribution in [0.25, 0.3) is 0 Å². The highest BCUT2D eigenvalue weighted by Gasteiger charge is 2.04. The molecule has 5 nitrogen and oxygen atoms in total. The molecule has 0 aliphatic carbocycles. The van der Waals surface area contributed by atoms with E-state index < -0.39 is 0 Å². The number of rotatable bonds is 4. The molecule has 3 N–H and O–H groups in total. The van der Waals surface area contributed by atoms with E-state index in [0.29, 0.717) is 17.0 Å². The summed E-state index contributed by atoms with van der Waals surface area (Å²) in [6.07, 6.45) is 0. The molecule has 0 aliphatic rings. The Kier molecular flexibility index (Phi) is 4.56. The van der Waals surface area contributed by atoms with Gasteiger partial charge in [0, 0.05) is 11.3 Å². The van der Waals surface area contributed by atoms with Gasteiger partial charge in [-0.25, -0.2) is 5.43 Å². The molecule has 0 unspecified atom stereocenters. The molecule has 0 saturated carbocycles. The summed E-state index contributed by atoms with van der Waals surface area (Å²) >= 11 is 0. The van der Waals surface area contributed by atoms with E-state index in [4.69, 9.17) is 10.5 Å². The first-order chi connectivity index (χ1) is 10.1. The molecule has 2 rings (SSSR count). The summed E-state index contributed by atoms with van der Waals surface area (Å²) in [5.41, 5.74) is 10.8. The molecule has 2 aromatic carbocycles. The first-order valence-corrected chi connectivity index (χ1v) is 6.45. The van der Waals surface area contributed by atoms with Crippen molar-refractivity contribution in [3.8, 4) is 5.75 Å². The minimum Gasteiger partial charge on any atom is -0.497 e. The quantitative estimate of drug-likeness (QED) is 0.514. The number of methoxy groups -OCH3 is 1. The maximum Gasteiger partial charge on any atom is 0.271 e. The largest absolute Gasteiger partial charge is 0.497 e. The Morgan fingerprint density at radius 2 is 1.62 bits per heavy atom. The molecule has 0 radical (unpaired) electrons. The zero-order valence-electron chi connectivity index (χ0n) is 12.0. The van der Waals surface area contributed by atoms with Gasteiger partial charge in [-0.1, -0.05) is 0 Å². The summed E-state index contributed by atoms with van der Waals surface area (Å²) in [4.78, 5) is 11.9. The third-order valence-electron chi connectivity index (χ3n) is 3.01. The lowest BCUT2D eigenvalue weighted by atomic mass is 10.1. The Morgan fingerprint density at radius 1 is 1.05 bits per heavy atom. The molecule has 1 amide bonds. The number of hydrazone groups is 1. The number of nitrogens with one attached hydrogen (secondary N) is 1. The van der Waals surface area contributed by atoms with Crippen molar-refractivity contribution < 1.29 is 9.53 Å². The summed E-state index contributed by atoms with van der Waals surface area (Å²) in [6.45, 7) is 1.82. The van der Waals surface area contributed by atoms with Crippen molar-refractivity contribution in [1.82, 2.24) is 5.43 Å². The van der Waals surface area contributed by atoms with Gasteiger partial charge in [-0.2, -0.15) is 5.10 Å². The van der Waals surface area contributed by atoms with E-state index in [-0.39, 0.29) is 5.91 Å². The number of nitrogens with zero attached hydrogens (tertiary/aromatic N) is 1. The Balaban J connectivity index is 2.05. The minimum atomic E-state index is -0.275. The fourth-order valence-electron chi connectivity index (χ4n) is 1.73. The number of anilines is 1. The molecular formula is C16H17N3O2. The topological polar surface area (TPSA) is 76.7 Å². The molecule has 21 heavy (non-hydrogen) atoms. The van der Waals surface area contributed by atoms with Crippen LogP contribution in [0.5, 0.6) is 5.75 Å². The highest BCUT2D eigenvalue weighted by atomic mass is 16.5. The average molecular weight is 283 g/mol. The van der Waals surface area contributed by atoms with Crippen LogP contribution < -0.4 is 15.9 Å². The fraction of sp³-hybridized carbons (Fsp3) is 0.125. The van der Waals surface area contributed by atoms with Crippen LogP contribution in [0, 0.1) is 0 Å². The van der Waals surface area contributed by atoms with Crippen molar-refractivity contribution in [3.05, 3.63) is 59.7 Å². The molecule has 108 valence electrons. The van der Waals surface area contributed by atoms with E-state index in [1.165, 1.54) is 0 Å². The van der Waals surface area contributed by atoms with E-state index in [1.54, 1.807) is 31.4 Å². The van der Waals surface area contributed by atoms with E-state index in [2.05, 4.69) is 10.5 Å². The first-order valence-electron chi connectivity index (χ1n) is 6.45. The molecule has 0 aliphatic heterocycles. The van der Waals surface area contributed by atoms with Gasteiger partial charge in [0.2, 0.25) is 0 Å². The lowest BCUT2D eigenvalue weighted by molar-refractivity contribution is 0.0955. The van der Waals surface area contributed by atoms with Gasteiger partial charge in [-0.05, 0) is 61.0 Å². The maximum atomic E-state index is 11.9. The van der Waals surface area contributed by atoms with Crippen LogP contribution in [0.2, 0.25) is 0 Å². The average Bonchev–Trinajstić information content (AvgIpc) is 2.53. The van der Waals surface area contributed by atoms with Gasteiger partial charge >= 0.3 is 0 Å². The fourth-order valence-corrected chi connectivity index (χ4v) is 1.73. The van der Waals surface area contributed by atoms with E-state index in [1.807, 2.05) is 31.2 Å². The molecule has 2 aromatic rings. The number of amides is 1. The van der Waals surface area contributed by atoms with Gasteiger partial charge < -0.3 is 10.5 Å². The zero-order chi connectivity index (χ0) is 15.2. The lowest BCUT2D eigenvalue weighted by Crippen LogP contribution is -2.19. The highest BCUT2D eigenvalue weighted by molar-refractivity contribution is 6.00. The number of ether oxygens (including phenoxy) is 1. The number of carbonyl (C=O) groups is 1. The first kappa shape index (κ1) is 14.6. The molecule has 5 heteroatoms. The number of carbonyl (C=O) groups excluding carboxylic acids is 1. The molecule has 0 saturated heterocycles. The Morgan fingerprint density at radius 3 is 2.19 bits per heavy atom. The maximum absolute atomic E-state index is 11.9. The third-order valence-corrected chi connectivity index (χ3v) is 3.01. The molecule has 0 spiro atoms. The zero-order valence-corrected chi connectivity index (χ0v) is 12.0. The molecule has 0 heterocycles. The van der Waals surface area contributed by atoms with Crippen molar-refractivity contribution in [1.29, 1.82) is 0 Å². The lowest BCUT2D eigenvalue weighted by Gasteiger charge is -2.04. The SMILES string of the molecule is COc1ccc(/C(C)=N/NC(=O)c2ccc(N)cc2)cc1. The van der Waals surface area contributed by atoms with Gasteiger partial charge in [-0.15, -0.1) is 0 Å². The minimum absolute atomic E-state index is 0.275. The van der Waals surface area contributed by atoms with Crippen molar-refractivity contribution in [2.75, 3.05) is 12.8 Å². The number of hydrogen-bond acceptors (Lipinski definition) is 4. The Bertz CT molecular complexity index is 646. The van der Waals surface area contributed by atoms with E-state index in [0.717, 1.165) is 11.3 Å². The highest BCUT2D eigenvalue weighted by Crippen LogP contribution is 2.12. The Hall–Kier alpha value is -2.82. The van der Waals surface area contributed by atoms with E-state index in [9.17, 15) is 4.79 Å². The van der Waals surface area contributed by atoms with Crippen LogP contribution in [0.4, 0.5) is 5.69 Å². The van der Waals surface area contributed by atoms with Crippen LogP contribution >= 0.6 is 0 Å². The van der Waals surface area contributed by atoms with Crippen molar-refractivity contribution >= 4 is 17.3 Å². The monoisotopic (exact) mass is 283 g/mol. The van der Waals surface area contributed by atoms with Gasteiger partial charge in [0.25, 0.3) is 5.91 Å². The number of hydrogen-bond donors (Lipinski definition) is 2. The summed E-state index contributed by atoms with van der Waals surface area (Å²) < 4.78 is 5.09. The van der Waals surface area contributed by atoms with Crippen molar-refractivity contribution in [2.45, 2.75) is 6.92 Å². The molecule has 0 atom stereocenters. The smallest absolute Gasteiger partial charge is 0.271 e. The van der Waals surface area contributed by atoms with Crippen LogP contribution in [-0.4, -0.2) is 18.7 Å². The summed E-state index contributed by atoms with van der Waals surface area (Å²) in [6, 6.07) is 14.1. The Labute approximate surface area is 123 Å². The van der Waals surface area contributed by atoms with E-state index >= 15 is 0 Å². The second kappa shape index (κ2) is 6.56. The third kappa shape index (κ3) is 3.82. The van der Waals surface area contributed by atoms with Gasteiger partial charge in [0.15, 0.2) is 0 Å². The molecule has 0 aromatic heterocycles. The predicted octanol–water partition coefficient (Wildman–Crippen LogP) is 2.43. The van der Waals surface area contributed by atoms with Gasteiger partial charge in [0.1, 0.15) is 5.75 Å². The molecular weight excluding hydrogens is 266 g/mol. The van der Waals surface area contributed by atoms with Crippen LogP contribution in [0.15, 0.2) is 53.6 Å². The van der Waals surface area contributed by atoms with Crippen LogP contribution in [0.1, 0.15) is 22.8 Å². The normalized spacial score (nSPS) is 11.0. The van der Waals surface area contributed by atoms with Gasteiger partial charge in [0.05, 0.1) is 12.8 Å². The standard InChI is InChI=1S/C16H17N3O2/c1-11(12-5-9-15(21-2)10-6-12)18-19-16(20)13-3-7-14(17)8-4-13/h3-10H,17H2,1-2H3,(H,19,20)/b18-11+. The summed E-state index contributed by atoms with van der Waals surface area (Å²) in [5.74, 6) is 0.500. The summed E-state index contributed by atoms with van der Waals surface area (Å²) in [7, 11) is 1.61. The second-order valence-electron chi connectivity index (χ2n) is 4.49. The van der Waals surface area contributed by atoms with Gasteiger partial charge in [-0.3, -0.25) is 4.79 Å². The molecule has 0 bridgehead atoms. The van der Waals surface area contributed by atoms with Crippen molar-refractivity contribution in [3.63, 3.8) is 0 Å². The number of nitrogen functional groups attached to an aromatic ring is 1. The van der Waals surface area contributed by atoms with Crippen molar-refractivity contribution in [2.24, 2.45) is 5.10 Å².